The highest BCUT2D eigenvalue weighted by atomic mass is 16.5. The van der Waals surface area contributed by atoms with Gasteiger partial charge in [-0.15, -0.1) is 0 Å². The van der Waals surface area contributed by atoms with E-state index in [0.717, 1.165) is 37.1 Å². The van der Waals surface area contributed by atoms with Crippen LogP contribution in [0.3, 0.4) is 0 Å². The fraction of sp³-hybridized carbons (Fsp3) is 0.500. The number of guanidine groups is 1. The molecule has 1 aliphatic heterocycles. The molecule has 0 saturated carbocycles. The maximum Gasteiger partial charge on any atom is 0.190 e. The molecule has 0 unspecified atom stereocenters. The van der Waals surface area contributed by atoms with E-state index in [4.69, 9.17) is 4.74 Å². The summed E-state index contributed by atoms with van der Waals surface area (Å²) < 4.78 is 5.89. The maximum absolute atomic E-state index is 5.89. The molecule has 1 aliphatic rings. The minimum atomic E-state index is 0.692. The molecule has 0 aromatic heterocycles. The number of fused-ring (bicyclic) bond motifs is 1. The minimum absolute atomic E-state index is 0.692. The Morgan fingerprint density at radius 3 is 2.67 bits per heavy atom. The Hall–Kier alpha value is -2.27. The molecule has 5 heteroatoms. The average Bonchev–Trinajstić information content (AvgIpc) is 2.71. The topological polar surface area (TPSA) is 48.9 Å². The third-order valence-electron chi connectivity index (χ3n) is 5.22. The second-order valence-corrected chi connectivity index (χ2v) is 7.34. The summed E-state index contributed by atoms with van der Waals surface area (Å²) in [6.07, 6.45) is 3.46. The molecule has 2 aromatic carbocycles. The lowest BCUT2D eigenvalue weighted by Crippen LogP contribution is -2.42. The Bertz CT molecular complexity index is 738. The van der Waals surface area contributed by atoms with E-state index in [2.05, 4.69) is 64.0 Å². The number of hydrogen-bond donors (Lipinski definition) is 2. The summed E-state index contributed by atoms with van der Waals surface area (Å²) in [6, 6.07) is 14.6. The van der Waals surface area contributed by atoms with Crippen LogP contribution < -0.4 is 15.4 Å². The van der Waals surface area contributed by atoms with E-state index in [1.54, 1.807) is 0 Å². The second-order valence-electron chi connectivity index (χ2n) is 7.34. The van der Waals surface area contributed by atoms with Crippen molar-refractivity contribution in [2.45, 2.75) is 19.3 Å². The van der Waals surface area contributed by atoms with Gasteiger partial charge in [-0.25, -0.2) is 0 Å². The van der Waals surface area contributed by atoms with E-state index in [-0.39, 0.29) is 0 Å². The predicted octanol–water partition coefficient (Wildman–Crippen LogP) is 3.12. The van der Waals surface area contributed by atoms with Crippen molar-refractivity contribution in [3.63, 3.8) is 0 Å². The van der Waals surface area contributed by atoms with Crippen molar-refractivity contribution in [3.8, 4) is 5.75 Å². The Morgan fingerprint density at radius 2 is 1.89 bits per heavy atom. The zero-order chi connectivity index (χ0) is 18.9. The van der Waals surface area contributed by atoms with Crippen LogP contribution >= 0.6 is 0 Å². The molecule has 0 bridgehead atoms. The normalized spacial score (nSPS) is 16.4. The molecule has 146 valence electrons. The van der Waals surface area contributed by atoms with Crippen molar-refractivity contribution >= 4 is 16.7 Å². The monoisotopic (exact) mass is 368 g/mol. The van der Waals surface area contributed by atoms with Gasteiger partial charge >= 0.3 is 0 Å². The van der Waals surface area contributed by atoms with Crippen LogP contribution in [-0.2, 0) is 0 Å². The van der Waals surface area contributed by atoms with Gasteiger partial charge < -0.3 is 20.3 Å². The van der Waals surface area contributed by atoms with E-state index in [1.807, 2.05) is 13.1 Å². The van der Waals surface area contributed by atoms with Gasteiger partial charge in [0.05, 0.1) is 6.61 Å². The van der Waals surface area contributed by atoms with Crippen molar-refractivity contribution in [1.29, 1.82) is 0 Å². The van der Waals surface area contributed by atoms with Gasteiger partial charge in [-0.2, -0.15) is 0 Å². The van der Waals surface area contributed by atoms with Gasteiger partial charge in [0.1, 0.15) is 5.75 Å². The van der Waals surface area contributed by atoms with Crippen molar-refractivity contribution in [1.82, 2.24) is 15.5 Å². The molecular weight excluding hydrogens is 336 g/mol. The fourth-order valence-corrected chi connectivity index (χ4v) is 3.45. The van der Waals surface area contributed by atoms with Crippen molar-refractivity contribution in [2.75, 3.05) is 46.9 Å². The van der Waals surface area contributed by atoms with E-state index in [9.17, 15) is 0 Å². The molecule has 1 saturated heterocycles. The first-order chi connectivity index (χ1) is 13.2. The number of likely N-dealkylation sites (tertiary alicyclic amines) is 1. The number of nitrogens with zero attached hydrogens (tertiary/aromatic N) is 2. The highest BCUT2D eigenvalue weighted by molar-refractivity contribution is 5.83. The van der Waals surface area contributed by atoms with Gasteiger partial charge in [0, 0.05) is 20.1 Å². The summed E-state index contributed by atoms with van der Waals surface area (Å²) in [7, 11) is 4.03. The van der Waals surface area contributed by atoms with Gasteiger partial charge in [-0.1, -0.05) is 30.3 Å². The van der Waals surface area contributed by atoms with Gasteiger partial charge in [0.25, 0.3) is 0 Å². The van der Waals surface area contributed by atoms with E-state index >= 15 is 0 Å². The standard InChI is InChI=1S/C22H32N4O/c1-23-22(25-17-18-10-13-26(2)14-11-18)24-12-5-15-27-21-9-8-19-6-3-4-7-20(19)16-21/h3-4,6-9,16,18H,5,10-15,17H2,1-2H3,(H2,23,24,25). The first kappa shape index (κ1) is 19.5. The molecule has 2 aromatic rings. The molecule has 5 nitrogen and oxygen atoms in total. The van der Waals surface area contributed by atoms with Crippen LogP contribution in [0.15, 0.2) is 47.5 Å². The molecule has 1 fully saturated rings. The molecular formula is C22H32N4O. The zero-order valence-electron chi connectivity index (χ0n) is 16.6. The number of ether oxygens (including phenoxy) is 1. The van der Waals surface area contributed by atoms with Crippen LogP contribution in [-0.4, -0.2) is 57.7 Å². The third kappa shape index (κ3) is 6.14. The lowest BCUT2D eigenvalue weighted by molar-refractivity contribution is 0.220. The summed E-state index contributed by atoms with van der Waals surface area (Å²) in [5, 5.41) is 9.30. The molecule has 0 atom stereocenters. The van der Waals surface area contributed by atoms with Crippen molar-refractivity contribution in [3.05, 3.63) is 42.5 Å². The molecule has 27 heavy (non-hydrogen) atoms. The quantitative estimate of drug-likeness (QED) is 0.448. The number of piperidine rings is 1. The fourth-order valence-electron chi connectivity index (χ4n) is 3.45. The van der Waals surface area contributed by atoms with E-state index in [1.165, 1.54) is 36.7 Å². The van der Waals surface area contributed by atoms with Crippen molar-refractivity contribution in [2.24, 2.45) is 10.9 Å². The van der Waals surface area contributed by atoms with Gasteiger partial charge in [0.15, 0.2) is 5.96 Å². The number of hydrogen-bond acceptors (Lipinski definition) is 3. The van der Waals surface area contributed by atoms with Crippen LogP contribution in [0.4, 0.5) is 0 Å². The van der Waals surface area contributed by atoms with Crippen LogP contribution in [0.25, 0.3) is 10.8 Å². The van der Waals surface area contributed by atoms with Crippen LogP contribution in [0, 0.1) is 5.92 Å². The highest BCUT2D eigenvalue weighted by Gasteiger charge is 2.16. The first-order valence-electron chi connectivity index (χ1n) is 9.99. The molecule has 1 heterocycles. The Kier molecular flexibility index (Phi) is 7.34. The number of nitrogens with one attached hydrogen (secondary N) is 2. The van der Waals surface area contributed by atoms with Gasteiger partial charge in [-0.3, -0.25) is 4.99 Å². The summed E-state index contributed by atoms with van der Waals surface area (Å²) in [6.45, 7) is 4.94. The summed E-state index contributed by atoms with van der Waals surface area (Å²) >= 11 is 0. The Labute approximate surface area is 162 Å². The lowest BCUT2D eigenvalue weighted by atomic mass is 9.97. The van der Waals surface area contributed by atoms with Crippen LogP contribution in [0.1, 0.15) is 19.3 Å². The minimum Gasteiger partial charge on any atom is -0.494 e. The van der Waals surface area contributed by atoms with Crippen LogP contribution in [0.5, 0.6) is 5.75 Å². The summed E-state index contributed by atoms with van der Waals surface area (Å²) in [4.78, 5) is 6.72. The smallest absolute Gasteiger partial charge is 0.190 e. The molecule has 3 rings (SSSR count). The second kappa shape index (κ2) is 10.2. The summed E-state index contributed by atoms with van der Waals surface area (Å²) in [5.41, 5.74) is 0. The molecule has 0 aliphatic carbocycles. The predicted molar refractivity (Wildman–Crippen MR) is 114 cm³/mol. The maximum atomic E-state index is 5.89. The lowest BCUT2D eigenvalue weighted by Gasteiger charge is -2.29. The van der Waals surface area contributed by atoms with E-state index < -0.39 is 0 Å². The third-order valence-corrected chi connectivity index (χ3v) is 5.22. The number of aliphatic imine (C=N–C) groups is 1. The Morgan fingerprint density at radius 1 is 1.11 bits per heavy atom. The highest BCUT2D eigenvalue weighted by Crippen LogP contribution is 2.20. The van der Waals surface area contributed by atoms with E-state index in [0.29, 0.717) is 6.61 Å². The van der Waals surface area contributed by atoms with Gasteiger partial charge in [-0.05, 0) is 68.2 Å². The molecule has 0 spiro atoms. The first-order valence-corrected chi connectivity index (χ1v) is 9.99. The largest absolute Gasteiger partial charge is 0.494 e. The molecule has 2 N–H and O–H groups in total. The van der Waals surface area contributed by atoms with Gasteiger partial charge in [0.2, 0.25) is 0 Å². The number of benzene rings is 2. The molecule has 0 amide bonds. The van der Waals surface area contributed by atoms with Crippen LogP contribution in [0.2, 0.25) is 0 Å². The number of rotatable bonds is 7. The van der Waals surface area contributed by atoms with Crippen molar-refractivity contribution < 1.29 is 4.74 Å². The Balaban J connectivity index is 1.32. The zero-order valence-corrected chi connectivity index (χ0v) is 16.6. The molecule has 0 radical (unpaired) electrons. The SMILES string of the molecule is CN=C(NCCCOc1ccc2ccccc2c1)NCC1CCN(C)CC1. The summed E-state index contributed by atoms with van der Waals surface area (Å²) in [5.74, 6) is 2.56. The average molecular weight is 369 g/mol.